The molecule has 0 saturated carbocycles. The molecule has 0 unspecified atom stereocenters. The topological polar surface area (TPSA) is 0 Å². The summed E-state index contributed by atoms with van der Waals surface area (Å²) in [5.41, 5.74) is 0. The van der Waals surface area contributed by atoms with E-state index in [1.807, 2.05) is 0 Å². The quantitative estimate of drug-likeness (QED) is 0.486. The summed E-state index contributed by atoms with van der Waals surface area (Å²) in [6.07, 6.45) is 7.46. The van der Waals surface area contributed by atoms with E-state index in [0.717, 1.165) is 6.42 Å². The number of hydrogen-bond acceptors (Lipinski definition) is 0. The van der Waals surface area contributed by atoms with E-state index in [1.54, 1.807) is 0 Å². The first kappa shape index (κ1) is 4.27. The van der Waals surface area contributed by atoms with Crippen molar-refractivity contribution in [2.75, 3.05) is 0 Å². The first-order valence-corrected chi connectivity index (χ1v) is 2.76. The fraction of sp³-hybridized carbons (Fsp3) is 0.200. The Morgan fingerprint density at radius 3 is 2.83 bits per heavy atom. The van der Waals surface area contributed by atoms with E-state index in [2.05, 4.69) is 36.5 Å². The second-order valence-corrected chi connectivity index (χ2v) is 2.35. The number of hydrogen-bond donors (Lipinski definition) is 0. The van der Waals surface area contributed by atoms with Gasteiger partial charge in [-0.1, -0.05) is 0 Å². The van der Waals surface area contributed by atoms with Crippen LogP contribution in [0.3, 0.4) is 0 Å². The molecule has 0 spiro atoms. The van der Waals surface area contributed by atoms with Crippen molar-refractivity contribution in [3.63, 3.8) is 0 Å². The van der Waals surface area contributed by atoms with Crippen LogP contribution < -0.4 is 0 Å². The van der Waals surface area contributed by atoms with Crippen molar-refractivity contribution in [1.29, 1.82) is 0 Å². The predicted octanol–water partition coefficient (Wildman–Crippen LogP) is 1.83. The summed E-state index contributed by atoms with van der Waals surface area (Å²) < 4.78 is 1.40. The molecule has 37 valence electrons. The van der Waals surface area contributed by atoms with Crippen molar-refractivity contribution in [2.24, 2.45) is 0 Å². The van der Waals surface area contributed by atoms with Crippen molar-refractivity contribution in [3.05, 3.63) is 22.4 Å². The molecule has 0 aromatic rings. The molecule has 1 aliphatic carbocycles. The summed E-state index contributed by atoms with van der Waals surface area (Å²) in [4.78, 5) is 0. The predicted molar refractivity (Wildman–Crippen MR) is 26.3 cm³/mol. The van der Waals surface area contributed by atoms with Crippen LogP contribution in [0.1, 0.15) is 12.1 Å². The van der Waals surface area contributed by atoms with Crippen molar-refractivity contribution in [1.82, 2.24) is 0 Å². The molecule has 0 aromatic heterocycles. The zero-order valence-corrected chi connectivity index (χ0v) is 5.03. The van der Waals surface area contributed by atoms with E-state index in [0.29, 0.717) is 0 Å². The van der Waals surface area contributed by atoms with E-state index in [4.69, 9.17) is 0 Å². The molecule has 0 atom stereocenters. The first-order chi connectivity index (χ1) is 2.89. The van der Waals surface area contributed by atoms with Gasteiger partial charge in [0.25, 0.3) is 0 Å². The zero-order valence-electron chi connectivity index (χ0n) is 7.29. The third-order valence-corrected chi connectivity index (χ3v) is 1.36. The first-order valence-electron chi connectivity index (χ1n) is 1.89. The fourth-order valence-corrected chi connectivity index (χ4v) is 0.788. The van der Waals surface area contributed by atoms with Crippen molar-refractivity contribution in [2.45, 2.75) is 6.42 Å². The molecule has 1 heteroatoms. The van der Waals surface area contributed by atoms with Crippen LogP contribution in [0, 0.1) is 0 Å². The van der Waals surface area contributed by atoms with Crippen molar-refractivity contribution >= 4 is 0 Å². The molecule has 0 bridgehead atoms. The van der Waals surface area contributed by atoms with Gasteiger partial charge in [-0.3, -0.25) is 0 Å². The molecular formula is C5H9Ru. The maximum absolute atomic E-state index is 2.59. The molecule has 0 saturated heterocycles. The molecule has 0 amide bonds. The molecular weight excluding hydrogens is 161 g/mol. The summed E-state index contributed by atoms with van der Waals surface area (Å²) in [5, 5.41) is 0. The normalized spacial score (nSPS) is 18.2. The summed E-state index contributed by atoms with van der Waals surface area (Å²) in [5.74, 6) is 0. The van der Waals surface area contributed by atoms with E-state index < -0.39 is 0 Å². The summed E-state index contributed by atoms with van der Waals surface area (Å²) in [6.45, 7) is 0. The van der Waals surface area contributed by atoms with Gasteiger partial charge in [0.1, 0.15) is 0 Å². The van der Waals surface area contributed by atoms with Gasteiger partial charge < -0.3 is 5.71 Å². The van der Waals surface area contributed by atoms with E-state index in [1.165, 1.54) is 4.17 Å². The molecule has 1 rings (SSSR count). The monoisotopic (exact) mass is 171 g/mol. The van der Waals surface area contributed by atoms with Crippen LogP contribution >= 0.6 is 0 Å². The van der Waals surface area contributed by atoms with Crippen LogP contribution in [0.4, 0.5) is 0 Å². The maximum atomic E-state index is 2.59. The van der Waals surface area contributed by atoms with Crippen LogP contribution in [-0.2, 0) is 18.3 Å². The third kappa shape index (κ3) is 0.783. The van der Waals surface area contributed by atoms with Crippen molar-refractivity contribution < 1.29 is 24.0 Å². The Labute approximate surface area is 53.6 Å². The average molecular weight is 170 g/mol. The molecule has 1 aliphatic rings. The van der Waals surface area contributed by atoms with Gasteiger partial charge in [0, 0.05) is 0 Å². The molecule has 0 aromatic carbocycles. The number of allylic oxidation sites excluding steroid dienone is 4. The second-order valence-electron chi connectivity index (χ2n) is 1.23. The molecule has 0 heterocycles. The SMILES string of the molecule is [H-].[H-].[H-].[H-].[Ru+4][C]1=CC=CC1. The van der Waals surface area contributed by atoms with Crippen LogP contribution in [0.15, 0.2) is 22.4 Å². The minimum absolute atomic E-state index is 0. The number of rotatable bonds is 0. The van der Waals surface area contributed by atoms with E-state index in [-0.39, 0.29) is 5.71 Å². The molecule has 0 nitrogen and oxygen atoms in total. The van der Waals surface area contributed by atoms with Gasteiger partial charge in [-0.2, -0.15) is 0 Å². The Balaban J connectivity index is -0.0000000450. The third-order valence-electron chi connectivity index (χ3n) is 0.717. The summed E-state index contributed by atoms with van der Waals surface area (Å²) >= 11 is 2.59. The van der Waals surface area contributed by atoms with Crippen LogP contribution in [0.2, 0.25) is 0 Å². The zero-order chi connectivity index (χ0) is 4.41. The molecule has 6 heavy (non-hydrogen) atoms. The van der Waals surface area contributed by atoms with Crippen LogP contribution in [-0.4, -0.2) is 0 Å². The minimum atomic E-state index is 0. The standard InChI is InChI=1S/C5H5.Ru.4H/c1-2-4-5-3-1;;;;;/h1-3H,4H2;;;;;/q;+4;4*-1. The van der Waals surface area contributed by atoms with Gasteiger partial charge >= 0.3 is 47.1 Å². The van der Waals surface area contributed by atoms with Gasteiger partial charge in [-0.15, -0.1) is 0 Å². The van der Waals surface area contributed by atoms with Crippen LogP contribution in [0.5, 0.6) is 0 Å². The van der Waals surface area contributed by atoms with Gasteiger partial charge in [-0.05, 0) is 0 Å². The second kappa shape index (κ2) is 1.70. The molecule has 0 fully saturated rings. The van der Waals surface area contributed by atoms with E-state index >= 15 is 0 Å². The molecule has 0 aliphatic heterocycles. The van der Waals surface area contributed by atoms with Gasteiger partial charge in [0.15, 0.2) is 0 Å². The Morgan fingerprint density at radius 2 is 2.67 bits per heavy atom. The Morgan fingerprint density at radius 1 is 1.83 bits per heavy atom. The van der Waals surface area contributed by atoms with Crippen molar-refractivity contribution in [3.8, 4) is 0 Å². The summed E-state index contributed by atoms with van der Waals surface area (Å²) in [6, 6.07) is 0. The van der Waals surface area contributed by atoms with Gasteiger partial charge in [-0.25, -0.2) is 0 Å². The Kier molecular flexibility index (Phi) is 1.21. The van der Waals surface area contributed by atoms with Crippen LogP contribution in [0.25, 0.3) is 0 Å². The van der Waals surface area contributed by atoms with Gasteiger partial charge in [0.2, 0.25) is 0 Å². The Bertz CT molecular complexity index is 110. The van der Waals surface area contributed by atoms with E-state index in [9.17, 15) is 0 Å². The van der Waals surface area contributed by atoms with Gasteiger partial charge in [0.05, 0.1) is 0 Å². The fourth-order valence-electron chi connectivity index (χ4n) is 0.416. The summed E-state index contributed by atoms with van der Waals surface area (Å²) in [7, 11) is 0. The Hall–Kier alpha value is 0.103. The molecule has 0 radical (unpaired) electrons. The molecule has 0 N–H and O–H groups in total. The average Bonchev–Trinajstić information content (AvgIpc) is 1.86.